The first-order chi connectivity index (χ1) is 14.0. The smallest absolute Gasteiger partial charge is 0.262 e. The van der Waals surface area contributed by atoms with Crippen LogP contribution in [-0.4, -0.2) is 38.3 Å². The molecule has 1 N–H and O–H groups in total. The minimum absolute atomic E-state index is 0.0162. The molecule has 0 aliphatic carbocycles. The number of carbonyl (C=O) groups excluding carboxylic acids is 2. The number of Topliss-reactive ketones (excluding diaryl/α,β-unsaturated/α-hetero) is 1. The summed E-state index contributed by atoms with van der Waals surface area (Å²) in [6.45, 7) is 6.36. The van der Waals surface area contributed by atoms with Crippen molar-refractivity contribution in [2.75, 3.05) is 11.9 Å². The standard InChI is InChI=1S/C20H20N4O4S/c1-4-24-19(14-7-8-27-11(14)2)22-23-20(24)29-12(3)18(26)13-5-6-16-15(9-13)21-17(25)10-28-16/h5-9,12H,4,10H2,1-3H3,(H,21,25). The first-order valence-electron chi connectivity index (χ1n) is 9.23. The van der Waals surface area contributed by atoms with Crippen LogP contribution in [0.15, 0.2) is 40.1 Å². The van der Waals surface area contributed by atoms with Gasteiger partial charge in [0.1, 0.15) is 11.5 Å². The van der Waals surface area contributed by atoms with Crippen molar-refractivity contribution in [2.45, 2.75) is 37.7 Å². The van der Waals surface area contributed by atoms with Gasteiger partial charge in [-0.25, -0.2) is 0 Å². The molecule has 8 nitrogen and oxygen atoms in total. The van der Waals surface area contributed by atoms with Gasteiger partial charge in [0, 0.05) is 12.1 Å². The molecule has 9 heteroatoms. The van der Waals surface area contributed by atoms with E-state index in [1.165, 1.54) is 11.8 Å². The summed E-state index contributed by atoms with van der Waals surface area (Å²) in [4.78, 5) is 24.5. The van der Waals surface area contributed by atoms with Gasteiger partial charge in [0.05, 0.1) is 22.8 Å². The summed E-state index contributed by atoms with van der Waals surface area (Å²) in [5.74, 6) is 1.75. The fourth-order valence-electron chi connectivity index (χ4n) is 3.16. The van der Waals surface area contributed by atoms with E-state index < -0.39 is 0 Å². The number of carbonyl (C=O) groups is 2. The van der Waals surface area contributed by atoms with Crippen molar-refractivity contribution >= 4 is 29.1 Å². The van der Waals surface area contributed by atoms with Crippen LogP contribution < -0.4 is 10.1 Å². The Hall–Kier alpha value is -3.07. The van der Waals surface area contributed by atoms with E-state index in [4.69, 9.17) is 9.15 Å². The topological polar surface area (TPSA) is 99.2 Å². The summed E-state index contributed by atoms with van der Waals surface area (Å²) in [5, 5.41) is 11.6. The minimum Gasteiger partial charge on any atom is -0.482 e. The number of benzene rings is 1. The molecule has 3 aromatic rings. The molecule has 1 amide bonds. The summed E-state index contributed by atoms with van der Waals surface area (Å²) in [6.07, 6.45) is 1.62. The zero-order valence-electron chi connectivity index (χ0n) is 16.3. The maximum absolute atomic E-state index is 13.0. The van der Waals surface area contributed by atoms with Gasteiger partial charge in [-0.15, -0.1) is 10.2 Å². The van der Waals surface area contributed by atoms with Gasteiger partial charge in [0.2, 0.25) is 0 Å². The number of anilines is 1. The highest BCUT2D eigenvalue weighted by atomic mass is 32.2. The van der Waals surface area contributed by atoms with Crippen molar-refractivity contribution in [1.82, 2.24) is 14.8 Å². The largest absolute Gasteiger partial charge is 0.482 e. The highest BCUT2D eigenvalue weighted by Gasteiger charge is 2.24. The molecule has 0 saturated carbocycles. The fraction of sp³-hybridized carbons (Fsp3) is 0.300. The van der Waals surface area contributed by atoms with Crippen molar-refractivity contribution in [2.24, 2.45) is 0 Å². The van der Waals surface area contributed by atoms with Crippen LogP contribution in [0.5, 0.6) is 5.75 Å². The number of ether oxygens (including phenoxy) is 1. The monoisotopic (exact) mass is 412 g/mol. The molecule has 2 aromatic heterocycles. The van der Waals surface area contributed by atoms with Gasteiger partial charge in [-0.3, -0.25) is 9.59 Å². The Morgan fingerprint density at radius 3 is 2.90 bits per heavy atom. The number of rotatable bonds is 6. The van der Waals surface area contributed by atoms with Crippen LogP contribution in [0.3, 0.4) is 0 Å². The number of fused-ring (bicyclic) bond motifs is 1. The van der Waals surface area contributed by atoms with Gasteiger partial charge in [0.15, 0.2) is 23.4 Å². The quantitative estimate of drug-likeness (QED) is 0.488. The molecule has 1 aliphatic heterocycles. The number of furan rings is 1. The van der Waals surface area contributed by atoms with Crippen LogP contribution in [-0.2, 0) is 11.3 Å². The molecule has 150 valence electrons. The predicted octanol–water partition coefficient (Wildman–Crippen LogP) is 3.56. The zero-order valence-corrected chi connectivity index (χ0v) is 17.1. The summed E-state index contributed by atoms with van der Waals surface area (Å²) >= 11 is 1.35. The molecule has 1 aliphatic rings. The SMILES string of the molecule is CCn1c(SC(C)C(=O)c2ccc3c(c2)NC(=O)CO3)nnc1-c1ccoc1C. The van der Waals surface area contributed by atoms with Crippen LogP contribution >= 0.6 is 11.8 Å². The second-order valence-electron chi connectivity index (χ2n) is 6.61. The Balaban J connectivity index is 1.55. The number of aryl methyl sites for hydroxylation is 1. The van der Waals surface area contributed by atoms with Crippen LogP contribution in [0.25, 0.3) is 11.4 Å². The zero-order chi connectivity index (χ0) is 20.5. The number of ketones is 1. The van der Waals surface area contributed by atoms with Crippen molar-refractivity contribution in [3.63, 3.8) is 0 Å². The summed E-state index contributed by atoms with van der Waals surface area (Å²) in [7, 11) is 0. The highest BCUT2D eigenvalue weighted by molar-refractivity contribution is 8.00. The molecule has 1 aromatic carbocycles. The number of nitrogens with zero attached hydrogens (tertiary/aromatic N) is 3. The average Bonchev–Trinajstić information content (AvgIpc) is 3.31. The van der Waals surface area contributed by atoms with Gasteiger partial charge in [0.25, 0.3) is 5.91 Å². The molecule has 1 atom stereocenters. The van der Waals surface area contributed by atoms with Crippen LogP contribution in [0.2, 0.25) is 0 Å². The fourth-order valence-corrected chi connectivity index (χ4v) is 4.15. The normalized spacial score (nSPS) is 14.1. The maximum atomic E-state index is 13.0. The van der Waals surface area contributed by atoms with Gasteiger partial charge in [-0.05, 0) is 45.0 Å². The third kappa shape index (κ3) is 3.65. The Morgan fingerprint density at radius 2 is 2.17 bits per heavy atom. The number of hydrogen-bond donors (Lipinski definition) is 1. The molecule has 0 bridgehead atoms. The molecule has 4 rings (SSSR count). The number of aromatic nitrogens is 3. The van der Waals surface area contributed by atoms with E-state index in [1.807, 2.05) is 31.4 Å². The van der Waals surface area contributed by atoms with Gasteiger partial charge in [-0.2, -0.15) is 0 Å². The molecular formula is C20H20N4O4S. The molecular weight excluding hydrogens is 392 g/mol. The molecule has 0 spiro atoms. The van der Waals surface area contributed by atoms with Gasteiger partial charge < -0.3 is 19.0 Å². The second kappa shape index (κ2) is 7.75. The lowest BCUT2D eigenvalue weighted by molar-refractivity contribution is -0.118. The summed E-state index contributed by atoms with van der Waals surface area (Å²) in [5.41, 5.74) is 1.90. The lowest BCUT2D eigenvalue weighted by Gasteiger charge is -2.19. The Kier molecular flexibility index (Phi) is 5.14. The van der Waals surface area contributed by atoms with Crippen LogP contribution in [0, 0.1) is 6.92 Å². The Morgan fingerprint density at radius 1 is 1.34 bits per heavy atom. The summed E-state index contributed by atoms with van der Waals surface area (Å²) < 4.78 is 12.7. The van der Waals surface area contributed by atoms with E-state index in [-0.39, 0.29) is 23.5 Å². The molecule has 3 heterocycles. The maximum Gasteiger partial charge on any atom is 0.262 e. The third-order valence-electron chi connectivity index (χ3n) is 4.68. The number of nitrogens with one attached hydrogen (secondary N) is 1. The predicted molar refractivity (Wildman–Crippen MR) is 108 cm³/mol. The number of hydrogen-bond acceptors (Lipinski definition) is 7. The lowest BCUT2D eigenvalue weighted by Crippen LogP contribution is -2.25. The van der Waals surface area contributed by atoms with Crippen LogP contribution in [0.4, 0.5) is 5.69 Å². The second-order valence-corrected chi connectivity index (χ2v) is 7.92. The van der Waals surface area contributed by atoms with Gasteiger partial charge >= 0.3 is 0 Å². The molecule has 29 heavy (non-hydrogen) atoms. The average molecular weight is 412 g/mol. The Labute approximate surface area is 171 Å². The highest BCUT2D eigenvalue weighted by Crippen LogP contribution is 2.32. The molecule has 0 radical (unpaired) electrons. The van der Waals surface area contributed by atoms with Gasteiger partial charge in [-0.1, -0.05) is 11.8 Å². The van der Waals surface area contributed by atoms with Crippen molar-refractivity contribution in [1.29, 1.82) is 0 Å². The lowest BCUT2D eigenvalue weighted by atomic mass is 10.1. The van der Waals surface area contributed by atoms with E-state index in [2.05, 4.69) is 15.5 Å². The Bertz CT molecular complexity index is 1090. The molecule has 0 saturated heterocycles. The first kappa shape index (κ1) is 19.3. The van der Waals surface area contributed by atoms with Crippen molar-refractivity contribution in [3.8, 4) is 17.1 Å². The van der Waals surface area contributed by atoms with E-state index in [9.17, 15) is 9.59 Å². The number of thioether (sulfide) groups is 1. The molecule has 0 fully saturated rings. The first-order valence-corrected chi connectivity index (χ1v) is 10.1. The van der Waals surface area contributed by atoms with Crippen molar-refractivity contribution < 1.29 is 18.7 Å². The van der Waals surface area contributed by atoms with Crippen molar-refractivity contribution in [3.05, 3.63) is 41.9 Å². The van der Waals surface area contributed by atoms with E-state index in [1.54, 1.807) is 24.5 Å². The van der Waals surface area contributed by atoms with Crippen LogP contribution in [0.1, 0.15) is 30.0 Å². The molecule has 1 unspecified atom stereocenters. The summed E-state index contributed by atoms with van der Waals surface area (Å²) in [6, 6.07) is 6.92. The third-order valence-corrected chi connectivity index (χ3v) is 5.76. The number of amides is 1. The van der Waals surface area contributed by atoms with E-state index in [0.29, 0.717) is 28.7 Å². The van der Waals surface area contributed by atoms with E-state index in [0.717, 1.165) is 17.1 Å². The van der Waals surface area contributed by atoms with E-state index >= 15 is 0 Å². The minimum atomic E-state index is -0.388.